The van der Waals surface area contributed by atoms with E-state index in [1.165, 1.54) is 6.33 Å². The van der Waals surface area contributed by atoms with Gasteiger partial charge in [-0.15, -0.1) is 0 Å². The zero-order chi connectivity index (χ0) is 12.4. The molecule has 0 saturated carbocycles. The quantitative estimate of drug-likeness (QED) is 0.897. The van der Waals surface area contributed by atoms with Gasteiger partial charge in [0.25, 0.3) is 0 Å². The Morgan fingerprint density at radius 2 is 2.28 bits per heavy atom. The van der Waals surface area contributed by atoms with E-state index in [9.17, 15) is 0 Å². The molecule has 2 aliphatic heterocycles. The van der Waals surface area contributed by atoms with Crippen LogP contribution in [0.3, 0.4) is 0 Å². The number of rotatable bonds is 2. The summed E-state index contributed by atoms with van der Waals surface area (Å²) in [6, 6.07) is 0. The summed E-state index contributed by atoms with van der Waals surface area (Å²) >= 11 is 3.39. The summed E-state index contributed by atoms with van der Waals surface area (Å²) in [4.78, 5) is 8.05. The SMILES string of the molecule is Brc1cncnc1OC1COC2(CCNCC2)C1. The Balaban J connectivity index is 1.64. The zero-order valence-corrected chi connectivity index (χ0v) is 11.6. The molecular weight excluding hydrogens is 298 g/mol. The molecule has 0 aromatic carbocycles. The highest BCUT2D eigenvalue weighted by Gasteiger charge is 2.42. The van der Waals surface area contributed by atoms with Crippen LogP contribution < -0.4 is 10.1 Å². The Bertz CT molecular complexity index is 424. The van der Waals surface area contributed by atoms with Gasteiger partial charge in [-0.1, -0.05) is 0 Å². The molecule has 18 heavy (non-hydrogen) atoms. The van der Waals surface area contributed by atoms with Gasteiger partial charge >= 0.3 is 0 Å². The number of ether oxygens (including phenoxy) is 2. The molecule has 2 saturated heterocycles. The van der Waals surface area contributed by atoms with E-state index >= 15 is 0 Å². The van der Waals surface area contributed by atoms with Crippen molar-refractivity contribution >= 4 is 15.9 Å². The molecule has 2 fully saturated rings. The average molecular weight is 314 g/mol. The second-order valence-electron chi connectivity index (χ2n) is 4.86. The first-order chi connectivity index (χ1) is 8.77. The predicted molar refractivity (Wildman–Crippen MR) is 69.6 cm³/mol. The first kappa shape index (κ1) is 12.3. The fourth-order valence-corrected chi connectivity index (χ4v) is 2.97. The number of hydrogen-bond acceptors (Lipinski definition) is 5. The van der Waals surface area contributed by atoms with Crippen molar-refractivity contribution in [3.63, 3.8) is 0 Å². The van der Waals surface area contributed by atoms with Gasteiger partial charge in [0.15, 0.2) is 0 Å². The number of nitrogens with one attached hydrogen (secondary N) is 1. The molecule has 0 amide bonds. The summed E-state index contributed by atoms with van der Waals surface area (Å²) in [5.74, 6) is 0.601. The normalized spacial score (nSPS) is 26.4. The van der Waals surface area contributed by atoms with Crippen molar-refractivity contribution in [1.82, 2.24) is 15.3 Å². The van der Waals surface area contributed by atoms with Crippen molar-refractivity contribution in [3.05, 3.63) is 17.0 Å². The number of aromatic nitrogens is 2. The van der Waals surface area contributed by atoms with E-state index in [0.717, 1.165) is 36.8 Å². The minimum Gasteiger partial charge on any atom is -0.471 e. The molecule has 2 aliphatic rings. The number of halogens is 1. The lowest BCUT2D eigenvalue weighted by atomic mass is 9.89. The Morgan fingerprint density at radius 3 is 3.06 bits per heavy atom. The van der Waals surface area contributed by atoms with Gasteiger partial charge in [0, 0.05) is 12.6 Å². The second kappa shape index (κ2) is 5.11. The van der Waals surface area contributed by atoms with Gasteiger partial charge in [0.05, 0.1) is 16.7 Å². The predicted octanol–water partition coefficient (Wildman–Crippen LogP) is 1.53. The Kier molecular flexibility index (Phi) is 3.50. The van der Waals surface area contributed by atoms with E-state index < -0.39 is 0 Å². The van der Waals surface area contributed by atoms with Gasteiger partial charge in [-0.05, 0) is 41.9 Å². The van der Waals surface area contributed by atoms with Crippen LogP contribution in [0.1, 0.15) is 19.3 Å². The molecule has 0 radical (unpaired) electrons. The molecule has 3 heterocycles. The molecule has 1 spiro atoms. The molecule has 5 nitrogen and oxygen atoms in total. The minimum atomic E-state index is 0.0232. The average Bonchev–Trinajstić information content (AvgIpc) is 2.76. The third-order valence-electron chi connectivity index (χ3n) is 3.60. The second-order valence-corrected chi connectivity index (χ2v) is 5.72. The van der Waals surface area contributed by atoms with Crippen LogP contribution in [-0.2, 0) is 4.74 Å². The van der Waals surface area contributed by atoms with E-state index in [2.05, 4.69) is 31.2 Å². The van der Waals surface area contributed by atoms with E-state index in [4.69, 9.17) is 9.47 Å². The molecular formula is C12H16BrN3O2. The third-order valence-corrected chi connectivity index (χ3v) is 4.15. The number of piperidine rings is 1. The van der Waals surface area contributed by atoms with E-state index in [1.807, 2.05) is 0 Å². The van der Waals surface area contributed by atoms with Crippen LogP contribution >= 0.6 is 15.9 Å². The van der Waals surface area contributed by atoms with Gasteiger partial charge in [-0.2, -0.15) is 0 Å². The van der Waals surface area contributed by atoms with Crippen LogP contribution in [0, 0.1) is 0 Å². The van der Waals surface area contributed by atoms with Crippen LogP contribution in [0.5, 0.6) is 5.88 Å². The molecule has 1 atom stereocenters. The van der Waals surface area contributed by atoms with Crippen LogP contribution in [-0.4, -0.2) is 41.4 Å². The molecule has 1 aromatic heterocycles. The van der Waals surface area contributed by atoms with Crippen molar-refractivity contribution in [2.24, 2.45) is 0 Å². The lowest BCUT2D eigenvalue weighted by molar-refractivity contribution is -0.0206. The molecule has 1 unspecified atom stereocenters. The van der Waals surface area contributed by atoms with Gasteiger partial charge in [0.1, 0.15) is 12.4 Å². The highest BCUT2D eigenvalue weighted by atomic mass is 79.9. The number of nitrogens with zero attached hydrogens (tertiary/aromatic N) is 2. The first-order valence-electron chi connectivity index (χ1n) is 6.24. The van der Waals surface area contributed by atoms with Crippen molar-refractivity contribution < 1.29 is 9.47 Å². The van der Waals surface area contributed by atoms with Crippen molar-refractivity contribution in [1.29, 1.82) is 0 Å². The van der Waals surface area contributed by atoms with Gasteiger partial charge in [-0.25, -0.2) is 9.97 Å². The Hall–Kier alpha value is -0.720. The molecule has 6 heteroatoms. The minimum absolute atomic E-state index is 0.0232. The maximum absolute atomic E-state index is 5.98. The monoisotopic (exact) mass is 313 g/mol. The summed E-state index contributed by atoms with van der Waals surface area (Å²) < 4.78 is 12.7. The van der Waals surface area contributed by atoms with E-state index in [-0.39, 0.29) is 11.7 Å². The maximum atomic E-state index is 5.98. The fourth-order valence-electron chi connectivity index (χ4n) is 2.66. The summed E-state index contributed by atoms with van der Waals surface area (Å²) in [6.45, 7) is 2.71. The molecule has 98 valence electrons. The summed E-state index contributed by atoms with van der Waals surface area (Å²) in [5.41, 5.74) is 0.0232. The Morgan fingerprint density at radius 1 is 1.44 bits per heavy atom. The molecule has 1 aromatic rings. The van der Waals surface area contributed by atoms with Crippen molar-refractivity contribution in [2.75, 3.05) is 19.7 Å². The summed E-state index contributed by atoms with van der Waals surface area (Å²) in [5, 5.41) is 3.36. The van der Waals surface area contributed by atoms with Crippen LogP contribution in [0.15, 0.2) is 17.0 Å². The lowest BCUT2D eigenvalue weighted by Crippen LogP contribution is -2.41. The largest absolute Gasteiger partial charge is 0.471 e. The first-order valence-corrected chi connectivity index (χ1v) is 7.04. The summed E-state index contributed by atoms with van der Waals surface area (Å²) in [6.07, 6.45) is 6.37. The maximum Gasteiger partial charge on any atom is 0.231 e. The molecule has 0 aliphatic carbocycles. The zero-order valence-electron chi connectivity index (χ0n) is 10.1. The highest BCUT2D eigenvalue weighted by Crippen LogP contribution is 2.36. The summed E-state index contributed by atoms with van der Waals surface area (Å²) in [7, 11) is 0. The topological polar surface area (TPSA) is 56.3 Å². The molecule has 3 rings (SSSR count). The van der Waals surface area contributed by atoms with E-state index in [1.54, 1.807) is 6.20 Å². The molecule has 1 N–H and O–H groups in total. The van der Waals surface area contributed by atoms with Gasteiger partial charge in [0.2, 0.25) is 5.88 Å². The van der Waals surface area contributed by atoms with Crippen LogP contribution in [0.25, 0.3) is 0 Å². The lowest BCUT2D eigenvalue weighted by Gasteiger charge is -2.32. The van der Waals surface area contributed by atoms with Crippen LogP contribution in [0.2, 0.25) is 0 Å². The number of hydrogen-bond donors (Lipinski definition) is 1. The molecule has 0 bridgehead atoms. The smallest absolute Gasteiger partial charge is 0.231 e. The van der Waals surface area contributed by atoms with Crippen molar-refractivity contribution in [2.45, 2.75) is 31.0 Å². The Labute approximate surface area is 114 Å². The van der Waals surface area contributed by atoms with Crippen molar-refractivity contribution in [3.8, 4) is 5.88 Å². The highest BCUT2D eigenvalue weighted by molar-refractivity contribution is 9.10. The van der Waals surface area contributed by atoms with E-state index in [0.29, 0.717) is 12.5 Å². The fraction of sp³-hybridized carbons (Fsp3) is 0.667. The van der Waals surface area contributed by atoms with Gasteiger partial charge in [-0.3, -0.25) is 0 Å². The third kappa shape index (κ3) is 2.50. The standard InChI is InChI=1S/C12H16BrN3O2/c13-10-6-15-8-16-11(10)18-9-5-12(17-7-9)1-3-14-4-2-12/h6,8-9,14H,1-5,7H2. The van der Waals surface area contributed by atoms with Gasteiger partial charge < -0.3 is 14.8 Å². The van der Waals surface area contributed by atoms with Crippen LogP contribution in [0.4, 0.5) is 0 Å².